The lowest BCUT2D eigenvalue weighted by molar-refractivity contribution is 0.628. The minimum Gasteiger partial charge on any atom is -0.352 e. The maximum absolute atomic E-state index is 12.8. The second-order valence-corrected chi connectivity index (χ2v) is 3.66. The van der Waals surface area contributed by atoms with Gasteiger partial charge in [0.2, 0.25) is 5.95 Å². The van der Waals surface area contributed by atoms with Gasteiger partial charge in [0, 0.05) is 18.7 Å². The third kappa shape index (κ3) is 1.50. The first kappa shape index (κ1) is 9.21. The molecule has 2 heterocycles. The Morgan fingerprint density at radius 3 is 2.75 bits per heavy atom. The van der Waals surface area contributed by atoms with E-state index in [1.54, 1.807) is 12.1 Å². The van der Waals surface area contributed by atoms with Gasteiger partial charge in [0.25, 0.3) is 0 Å². The molecule has 0 fully saturated rings. The van der Waals surface area contributed by atoms with Crippen LogP contribution in [-0.2, 0) is 0 Å². The van der Waals surface area contributed by atoms with E-state index in [1.165, 1.54) is 12.1 Å². The molecule has 0 amide bonds. The van der Waals surface area contributed by atoms with Gasteiger partial charge in [-0.15, -0.1) is 0 Å². The van der Waals surface area contributed by atoms with Crippen molar-refractivity contribution in [3.8, 4) is 11.3 Å². The molecule has 0 aliphatic carbocycles. The molecule has 1 aromatic heterocycles. The highest BCUT2D eigenvalue weighted by Crippen LogP contribution is 2.21. The van der Waals surface area contributed by atoms with Crippen molar-refractivity contribution in [3.63, 3.8) is 0 Å². The van der Waals surface area contributed by atoms with E-state index in [2.05, 4.69) is 15.7 Å². The van der Waals surface area contributed by atoms with Crippen LogP contribution in [0.3, 0.4) is 0 Å². The molecule has 5 heteroatoms. The first-order chi connectivity index (χ1) is 7.83. The molecule has 16 heavy (non-hydrogen) atoms. The summed E-state index contributed by atoms with van der Waals surface area (Å²) < 4.78 is 14.6. The van der Waals surface area contributed by atoms with Crippen molar-refractivity contribution >= 4 is 5.95 Å². The van der Waals surface area contributed by atoms with E-state index in [4.69, 9.17) is 0 Å². The summed E-state index contributed by atoms with van der Waals surface area (Å²) in [4.78, 5) is 4.42. The molecule has 0 unspecified atom stereocenters. The molecule has 1 aromatic carbocycles. The van der Waals surface area contributed by atoms with Gasteiger partial charge in [-0.3, -0.25) is 0 Å². The van der Waals surface area contributed by atoms with Crippen LogP contribution in [0.4, 0.5) is 10.3 Å². The van der Waals surface area contributed by atoms with Crippen molar-refractivity contribution in [2.45, 2.75) is 0 Å². The Balaban J connectivity index is 2.00. The zero-order valence-corrected chi connectivity index (χ0v) is 8.57. The minimum atomic E-state index is -0.232. The molecule has 1 aliphatic heterocycles. The maximum atomic E-state index is 12.8. The van der Waals surface area contributed by atoms with Crippen LogP contribution in [0.15, 0.2) is 30.5 Å². The van der Waals surface area contributed by atoms with Gasteiger partial charge in [-0.05, 0) is 24.3 Å². The topological polar surface area (TPSA) is 41.9 Å². The number of halogens is 1. The van der Waals surface area contributed by atoms with E-state index in [0.29, 0.717) is 0 Å². The van der Waals surface area contributed by atoms with Crippen LogP contribution in [0.25, 0.3) is 11.3 Å². The zero-order chi connectivity index (χ0) is 11.0. The van der Waals surface area contributed by atoms with Crippen LogP contribution < -0.4 is 10.7 Å². The van der Waals surface area contributed by atoms with E-state index >= 15 is 0 Å². The van der Waals surface area contributed by atoms with Crippen molar-refractivity contribution < 1.29 is 4.39 Å². The summed E-state index contributed by atoms with van der Waals surface area (Å²) in [5, 5.41) is 3.18. The molecular formula is C11H11FN4. The zero-order valence-electron chi connectivity index (χ0n) is 8.57. The molecular weight excluding hydrogens is 207 g/mol. The van der Waals surface area contributed by atoms with E-state index in [9.17, 15) is 4.39 Å². The molecule has 82 valence electrons. The molecule has 0 spiro atoms. The SMILES string of the molecule is Fc1ccc(-c2cn3c(n2)NCCN3)cc1. The molecule has 0 saturated heterocycles. The first-order valence-corrected chi connectivity index (χ1v) is 5.16. The van der Waals surface area contributed by atoms with Gasteiger partial charge in [0.05, 0.1) is 11.9 Å². The Morgan fingerprint density at radius 1 is 1.19 bits per heavy atom. The van der Waals surface area contributed by atoms with Gasteiger partial charge in [0.1, 0.15) is 5.82 Å². The lowest BCUT2D eigenvalue weighted by Gasteiger charge is -2.16. The molecule has 0 atom stereocenters. The minimum absolute atomic E-state index is 0.232. The summed E-state index contributed by atoms with van der Waals surface area (Å²) in [6.45, 7) is 1.73. The predicted molar refractivity (Wildman–Crippen MR) is 60.3 cm³/mol. The summed E-state index contributed by atoms with van der Waals surface area (Å²) in [5.74, 6) is 0.564. The number of hydrogen-bond donors (Lipinski definition) is 2. The summed E-state index contributed by atoms with van der Waals surface area (Å²) in [5.41, 5.74) is 4.92. The Bertz CT molecular complexity index is 480. The second kappa shape index (κ2) is 3.52. The molecule has 2 N–H and O–H groups in total. The average Bonchev–Trinajstić information content (AvgIpc) is 2.73. The van der Waals surface area contributed by atoms with Gasteiger partial charge >= 0.3 is 0 Å². The van der Waals surface area contributed by atoms with Gasteiger partial charge in [-0.25, -0.2) is 14.1 Å². The maximum Gasteiger partial charge on any atom is 0.222 e. The van der Waals surface area contributed by atoms with E-state index < -0.39 is 0 Å². The highest BCUT2D eigenvalue weighted by atomic mass is 19.1. The fourth-order valence-corrected chi connectivity index (χ4v) is 1.74. The lowest BCUT2D eigenvalue weighted by Crippen LogP contribution is -2.29. The monoisotopic (exact) mass is 218 g/mol. The molecule has 4 nitrogen and oxygen atoms in total. The Labute approximate surface area is 92.1 Å². The molecule has 0 bridgehead atoms. The number of aromatic nitrogens is 2. The number of rotatable bonds is 1. The third-order valence-corrected chi connectivity index (χ3v) is 2.54. The predicted octanol–water partition coefficient (Wildman–Crippen LogP) is 1.66. The smallest absolute Gasteiger partial charge is 0.222 e. The molecule has 0 saturated carbocycles. The van der Waals surface area contributed by atoms with E-state index in [0.717, 1.165) is 30.3 Å². The Hall–Kier alpha value is -2.04. The van der Waals surface area contributed by atoms with Crippen molar-refractivity contribution in [2.75, 3.05) is 23.8 Å². The van der Waals surface area contributed by atoms with Crippen LogP contribution in [0.2, 0.25) is 0 Å². The number of hydrogen-bond acceptors (Lipinski definition) is 3. The van der Waals surface area contributed by atoms with Crippen LogP contribution in [0.1, 0.15) is 0 Å². The third-order valence-electron chi connectivity index (χ3n) is 2.54. The van der Waals surface area contributed by atoms with Crippen molar-refractivity contribution in [1.29, 1.82) is 0 Å². The number of imidazole rings is 1. The van der Waals surface area contributed by atoms with E-state index in [-0.39, 0.29) is 5.82 Å². The summed E-state index contributed by atoms with van der Waals surface area (Å²) in [7, 11) is 0. The average molecular weight is 218 g/mol. The highest BCUT2D eigenvalue weighted by Gasteiger charge is 2.11. The fraction of sp³-hybridized carbons (Fsp3) is 0.182. The van der Waals surface area contributed by atoms with Crippen molar-refractivity contribution in [1.82, 2.24) is 9.66 Å². The first-order valence-electron chi connectivity index (χ1n) is 5.16. The largest absolute Gasteiger partial charge is 0.352 e. The fourth-order valence-electron chi connectivity index (χ4n) is 1.74. The van der Waals surface area contributed by atoms with Crippen LogP contribution in [0, 0.1) is 5.82 Å². The van der Waals surface area contributed by atoms with Gasteiger partial charge in [-0.1, -0.05) is 0 Å². The summed E-state index contributed by atoms with van der Waals surface area (Å²) in [6.07, 6.45) is 1.90. The molecule has 1 aliphatic rings. The number of nitrogens with zero attached hydrogens (tertiary/aromatic N) is 2. The lowest BCUT2D eigenvalue weighted by atomic mass is 10.2. The number of anilines is 1. The Morgan fingerprint density at radius 2 is 2.00 bits per heavy atom. The standard InChI is InChI=1S/C11H11FN4/c12-9-3-1-8(2-4-9)10-7-16-11(15-10)13-5-6-14-16/h1-4,7,14H,5-6H2,(H,13,15). The van der Waals surface area contributed by atoms with Gasteiger partial charge in [0.15, 0.2) is 0 Å². The molecule has 0 radical (unpaired) electrons. The van der Waals surface area contributed by atoms with Gasteiger partial charge < -0.3 is 10.7 Å². The normalized spacial score (nSPS) is 13.8. The Kier molecular flexibility index (Phi) is 2.02. The number of benzene rings is 1. The number of nitrogens with one attached hydrogen (secondary N) is 2. The van der Waals surface area contributed by atoms with Crippen molar-refractivity contribution in [2.24, 2.45) is 0 Å². The molecule has 3 rings (SSSR count). The van der Waals surface area contributed by atoms with Crippen LogP contribution in [0.5, 0.6) is 0 Å². The summed E-state index contributed by atoms with van der Waals surface area (Å²) >= 11 is 0. The van der Waals surface area contributed by atoms with Crippen LogP contribution in [-0.4, -0.2) is 22.7 Å². The number of fused-ring (bicyclic) bond motifs is 1. The second-order valence-electron chi connectivity index (χ2n) is 3.66. The summed E-state index contributed by atoms with van der Waals surface area (Å²) in [6, 6.07) is 6.33. The molecule has 2 aromatic rings. The quantitative estimate of drug-likeness (QED) is 0.765. The van der Waals surface area contributed by atoms with Crippen LogP contribution >= 0.6 is 0 Å². The highest BCUT2D eigenvalue weighted by molar-refractivity contribution is 5.61. The van der Waals surface area contributed by atoms with Gasteiger partial charge in [-0.2, -0.15) is 0 Å². The van der Waals surface area contributed by atoms with E-state index in [1.807, 2.05) is 10.9 Å². The van der Waals surface area contributed by atoms with Crippen molar-refractivity contribution in [3.05, 3.63) is 36.3 Å².